The Morgan fingerprint density at radius 3 is 2.59 bits per heavy atom. The van der Waals surface area contributed by atoms with Crippen LogP contribution in [-0.2, 0) is 0 Å². The van der Waals surface area contributed by atoms with E-state index in [2.05, 4.69) is 15.5 Å². The first-order valence-electron chi connectivity index (χ1n) is 12.0. The molecule has 2 aliphatic rings. The van der Waals surface area contributed by atoms with Gasteiger partial charge in [-0.05, 0) is 69.1 Å². The summed E-state index contributed by atoms with van der Waals surface area (Å²) in [5.74, 6) is -2.62. The summed E-state index contributed by atoms with van der Waals surface area (Å²) < 4.78 is 31.1. The number of hydrogen-bond donors (Lipinski definition) is 2. The monoisotopic (exact) mass is 471 g/mol. The Morgan fingerprint density at radius 1 is 1.18 bits per heavy atom. The highest BCUT2D eigenvalue weighted by molar-refractivity contribution is 5.92. The molecule has 5 rings (SSSR count). The summed E-state index contributed by atoms with van der Waals surface area (Å²) in [6.07, 6.45) is 7.60. The third-order valence-corrected chi connectivity index (χ3v) is 7.11. The lowest BCUT2D eigenvalue weighted by molar-refractivity contribution is -0.0495. The molecule has 0 aliphatic heterocycles. The zero-order valence-electron chi connectivity index (χ0n) is 19.5. The Bertz CT molecular complexity index is 1170. The van der Waals surface area contributed by atoms with Crippen molar-refractivity contribution in [3.8, 4) is 0 Å². The van der Waals surface area contributed by atoms with Crippen molar-refractivity contribution >= 4 is 11.6 Å². The number of nitrogens with one attached hydrogen (secondary N) is 1. The quantitative estimate of drug-likeness (QED) is 0.537. The van der Waals surface area contributed by atoms with Crippen LogP contribution in [0.2, 0.25) is 0 Å². The minimum absolute atomic E-state index is 0.0102. The molecule has 0 bridgehead atoms. The van der Waals surface area contributed by atoms with Crippen molar-refractivity contribution in [3.63, 3.8) is 0 Å². The van der Waals surface area contributed by atoms with E-state index in [-0.39, 0.29) is 36.8 Å². The van der Waals surface area contributed by atoms with Gasteiger partial charge in [0.2, 0.25) is 5.92 Å². The summed E-state index contributed by atoms with van der Waals surface area (Å²) in [4.78, 5) is 18.0. The zero-order valence-corrected chi connectivity index (χ0v) is 19.5. The molecule has 1 amide bonds. The van der Waals surface area contributed by atoms with Crippen LogP contribution in [-0.4, -0.2) is 36.2 Å². The highest BCUT2D eigenvalue weighted by Gasteiger charge is 2.39. The van der Waals surface area contributed by atoms with Crippen LogP contribution in [0.25, 0.3) is 5.65 Å². The van der Waals surface area contributed by atoms with Crippen LogP contribution in [0, 0.1) is 11.8 Å². The van der Waals surface area contributed by atoms with Gasteiger partial charge in [-0.15, -0.1) is 0 Å². The third kappa shape index (κ3) is 4.55. The van der Waals surface area contributed by atoms with Crippen LogP contribution < -0.4 is 11.1 Å². The summed E-state index contributed by atoms with van der Waals surface area (Å²) in [5, 5.41) is 11.8. The van der Waals surface area contributed by atoms with Gasteiger partial charge in [-0.2, -0.15) is 10.2 Å². The van der Waals surface area contributed by atoms with Gasteiger partial charge in [0.05, 0.1) is 24.1 Å². The topological polar surface area (TPSA) is 103 Å². The van der Waals surface area contributed by atoms with Crippen LogP contribution in [0.3, 0.4) is 0 Å². The summed E-state index contributed by atoms with van der Waals surface area (Å²) in [7, 11) is 0. The number of carbonyl (C=O) groups is 1. The molecule has 2 saturated carbocycles. The predicted molar refractivity (Wildman–Crippen MR) is 122 cm³/mol. The highest BCUT2D eigenvalue weighted by atomic mass is 19.3. The maximum atomic E-state index is 13.9. The second-order valence-corrected chi connectivity index (χ2v) is 10.0. The Balaban J connectivity index is 1.45. The number of halogens is 2. The minimum atomic E-state index is -2.66. The lowest BCUT2D eigenvalue weighted by Crippen LogP contribution is -2.38. The first-order chi connectivity index (χ1) is 16.2. The molecule has 2 atom stereocenters. The molecule has 1 unspecified atom stereocenters. The normalized spacial score (nSPS) is 20.5. The van der Waals surface area contributed by atoms with Crippen molar-refractivity contribution in [1.29, 1.82) is 0 Å². The molecule has 3 aromatic rings. The number of carbonyl (C=O) groups excluding carboxylic acids is 1. The van der Waals surface area contributed by atoms with Crippen LogP contribution in [0.15, 0.2) is 30.7 Å². The Kier molecular flexibility index (Phi) is 5.87. The van der Waals surface area contributed by atoms with Gasteiger partial charge < -0.3 is 11.1 Å². The molecule has 34 heavy (non-hydrogen) atoms. The fourth-order valence-corrected chi connectivity index (χ4v) is 4.92. The van der Waals surface area contributed by atoms with E-state index in [1.54, 1.807) is 33.9 Å². The first-order valence-corrected chi connectivity index (χ1v) is 12.0. The van der Waals surface area contributed by atoms with Crippen molar-refractivity contribution in [3.05, 3.63) is 47.7 Å². The lowest BCUT2D eigenvalue weighted by atomic mass is 9.81. The molecule has 3 N–H and O–H groups in total. The molecule has 3 heterocycles. The highest BCUT2D eigenvalue weighted by Crippen LogP contribution is 2.42. The van der Waals surface area contributed by atoms with Gasteiger partial charge in [-0.3, -0.25) is 9.48 Å². The minimum Gasteiger partial charge on any atom is -0.342 e. The summed E-state index contributed by atoms with van der Waals surface area (Å²) in [5.41, 5.74) is 8.96. The van der Waals surface area contributed by atoms with Crippen molar-refractivity contribution in [2.45, 2.75) is 76.4 Å². The molecule has 3 aromatic heterocycles. The average molecular weight is 472 g/mol. The van der Waals surface area contributed by atoms with Crippen molar-refractivity contribution < 1.29 is 13.6 Å². The third-order valence-electron chi connectivity index (χ3n) is 7.11. The maximum Gasteiger partial charge on any atom is 0.270 e. The van der Waals surface area contributed by atoms with Crippen molar-refractivity contribution in [2.75, 3.05) is 0 Å². The Hall–Kier alpha value is -2.88. The van der Waals surface area contributed by atoms with E-state index in [0.717, 1.165) is 18.4 Å². The second kappa shape index (κ2) is 8.72. The number of aromatic nitrogens is 5. The van der Waals surface area contributed by atoms with Gasteiger partial charge in [0.15, 0.2) is 5.65 Å². The SMILES string of the molecule is CC(C)n1nccc1C(=O)N[C@H](c1cn2ncc(C(N)C3CC3)cc2n1)C1CCC(F)(F)CC1. The predicted octanol–water partition coefficient (Wildman–Crippen LogP) is 4.21. The Morgan fingerprint density at radius 2 is 1.91 bits per heavy atom. The molecular formula is C24H31F2N7O. The first kappa shape index (κ1) is 22.9. The fraction of sp³-hybridized carbons (Fsp3) is 0.583. The van der Waals surface area contributed by atoms with E-state index in [1.165, 1.54) is 0 Å². The number of rotatable bonds is 7. The summed E-state index contributed by atoms with van der Waals surface area (Å²) in [6.45, 7) is 3.89. The second-order valence-electron chi connectivity index (χ2n) is 10.0. The average Bonchev–Trinajstić information content (AvgIpc) is 3.37. The number of hydrogen-bond acceptors (Lipinski definition) is 5. The molecule has 0 saturated heterocycles. The number of nitrogens with two attached hydrogens (primary N) is 1. The number of fused-ring (bicyclic) bond motifs is 1. The van der Waals surface area contributed by atoms with E-state index in [9.17, 15) is 13.6 Å². The number of nitrogens with zero attached hydrogens (tertiary/aromatic N) is 5. The number of imidazole rings is 1. The van der Waals surface area contributed by atoms with Crippen LogP contribution >= 0.6 is 0 Å². The molecule has 2 aliphatic carbocycles. The maximum absolute atomic E-state index is 13.9. The lowest BCUT2D eigenvalue weighted by Gasteiger charge is -2.33. The molecule has 10 heteroatoms. The molecule has 0 aromatic carbocycles. The molecular weight excluding hydrogens is 440 g/mol. The number of alkyl halides is 2. The van der Waals surface area contributed by atoms with Crippen molar-refractivity contribution in [2.24, 2.45) is 17.6 Å². The van der Waals surface area contributed by atoms with E-state index in [4.69, 9.17) is 10.7 Å². The molecule has 182 valence electrons. The van der Waals surface area contributed by atoms with Gasteiger partial charge in [0.25, 0.3) is 5.91 Å². The van der Waals surface area contributed by atoms with Crippen LogP contribution in [0.5, 0.6) is 0 Å². The molecule has 2 fully saturated rings. The smallest absolute Gasteiger partial charge is 0.270 e. The van der Waals surface area contributed by atoms with Gasteiger partial charge >= 0.3 is 0 Å². The largest absolute Gasteiger partial charge is 0.342 e. The van der Waals surface area contributed by atoms with Crippen LogP contribution in [0.1, 0.15) is 92.2 Å². The van der Waals surface area contributed by atoms with E-state index < -0.39 is 12.0 Å². The van der Waals surface area contributed by atoms with E-state index in [1.807, 2.05) is 19.9 Å². The zero-order chi connectivity index (χ0) is 24.0. The van der Waals surface area contributed by atoms with E-state index in [0.29, 0.717) is 35.8 Å². The standard InChI is InChI=1S/C24H31F2N7O/c1-14(2)33-19(7-10-28-33)23(34)31-22(16-5-8-24(25,26)9-6-16)18-13-32-20(30-18)11-17(12-29-32)21(27)15-3-4-15/h7,10-16,21-22H,3-6,8-9,27H2,1-2H3,(H,31,34)/t21?,22-/m0/s1. The van der Waals surface area contributed by atoms with Gasteiger partial charge in [0, 0.05) is 31.1 Å². The van der Waals surface area contributed by atoms with E-state index >= 15 is 0 Å². The molecule has 0 spiro atoms. The van der Waals surface area contributed by atoms with Gasteiger partial charge in [0.1, 0.15) is 5.69 Å². The molecule has 0 radical (unpaired) electrons. The van der Waals surface area contributed by atoms with Crippen molar-refractivity contribution in [1.82, 2.24) is 29.7 Å². The fourth-order valence-electron chi connectivity index (χ4n) is 4.92. The number of amides is 1. The summed E-state index contributed by atoms with van der Waals surface area (Å²) in [6, 6.07) is 3.03. The summed E-state index contributed by atoms with van der Waals surface area (Å²) >= 11 is 0. The van der Waals surface area contributed by atoms with Gasteiger partial charge in [-0.25, -0.2) is 18.3 Å². The Labute approximate surface area is 196 Å². The van der Waals surface area contributed by atoms with Crippen LogP contribution in [0.4, 0.5) is 8.78 Å². The van der Waals surface area contributed by atoms with Gasteiger partial charge in [-0.1, -0.05) is 0 Å². The molecule has 8 nitrogen and oxygen atoms in total.